The van der Waals surface area contributed by atoms with E-state index in [2.05, 4.69) is 10.6 Å². The SMILES string of the molecule is CNC(=O)C12CCC(c3ccc(OCC(=CF)CNC(=O)O)cc3)(CC1)C2. The lowest BCUT2D eigenvalue weighted by Crippen LogP contribution is -2.35. The zero-order valence-electron chi connectivity index (χ0n) is 15.4. The van der Waals surface area contributed by atoms with Gasteiger partial charge in [0.05, 0.1) is 11.7 Å². The largest absolute Gasteiger partial charge is 0.489 e. The molecule has 1 aromatic rings. The number of hydrogen-bond acceptors (Lipinski definition) is 3. The molecule has 0 radical (unpaired) electrons. The van der Waals surface area contributed by atoms with E-state index in [0.29, 0.717) is 12.1 Å². The van der Waals surface area contributed by atoms with Crippen molar-refractivity contribution in [3.63, 3.8) is 0 Å². The molecule has 27 heavy (non-hydrogen) atoms. The lowest BCUT2D eigenvalue weighted by molar-refractivity contribution is -0.130. The number of carbonyl (C=O) groups is 2. The summed E-state index contributed by atoms with van der Waals surface area (Å²) in [6, 6.07) is 7.75. The van der Waals surface area contributed by atoms with E-state index in [9.17, 15) is 14.0 Å². The van der Waals surface area contributed by atoms with Gasteiger partial charge in [0, 0.05) is 19.2 Å². The van der Waals surface area contributed by atoms with Gasteiger partial charge in [-0.3, -0.25) is 4.79 Å². The number of halogens is 1. The molecule has 2 amide bonds. The molecule has 0 aromatic heterocycles. The first-order valence-electron chi connectivity index (χ1n) is 9.13. The molecular weight excluding hydrogens is 351 g/mol. The number of carbonyl (C=O) groups excluding carboxylic acids is 1. The highest BCUT2D eigenvalue weighted by molar-refractivity contribution is 5.83. The first-order valence-corrected chi connectivity index (χ1v) is 9.13. The summed E-state index contributed by atoms with van der Waals surface area (Å²) in [5.74, 6) is 0.751. The number of hydrogen-bond donors (Lipinski definition) is 3. The van der Waals surface area contributed by atoms with Gasteiger partial charge in [0.15, 0.2) is 0 Å². The second kappa shape index (κ2) is 7.58. The highest BCUT2D eigenvalue weighted by Gasteiger charge is 2.58. The number of carboxylic acid groups (broad SMARTS) is 1. The van der Waals surface area contributed by atoms with Crippen molar-refractivity contribution in [2.75, 3.05) is 20.2 Å². The van der Waals surface area contributed by atoms with E-state index in [1.807, 2.05) is 24.3 Å². The zero-order chi connectivity index (χ0) is 19.5. The Morgan fingerprint density at radius 3 is 2.44 bits per heavy atom. The van der Waals surface area contributed by atoms with Gasteiger partial charge in [-0.2, -0.15) is 0 Å². The van der Waals surface area contributed by atoms with Gasteiger partial charge >= 0.3 is 6.09 Å². The highest BCUT2D eigenvalue weighted by Crippen LogP contribution is 2.62. The Hall–Kier alpha value is -2.57. The Labute approximate surface area is 157 Å². The molecule has 2 fully saturated rings. The molecule has 2 aliphatic carbocycles. The molecule has 2 saturated carbocycles. The fourth-order valence-corrected chi connectivity index (χ4v) is 4.56. The molecule has 146 valence electrons. The van der Waals surface area contributed by atoms with Crippen LogP contribution in [0.2, 0.25) is 0 Å². The minimum atomic E-state index is -1.21. The van der Waals surface area contributed by atoms with E-state index in [1.54, 1.807) is 7.05 Å². The molecule has 7 heteroatoms. The van der Waals surface area contributed by atoms with Crippen molar-refractivity contribution in [1.29, 1.82) is 0 Å². The smallest absolute Gasteiger partial charge is 0.404 e. The van der Waals surface area contributed by atoms with Crippen LogP contribution in [0.15, 0.2) is 36.2 Å². The number of benzene rings is 1. The molecule has 1 aromatic carbocycles. The summed E-state index contributed by atoms with van der Waals surface area (Å²) in [5, 5.41) is 13.5. The van der Waals surface area contributed by atoms with Gasteiger partial charge < -0.3 is 20.5 Å². The van der Waals surface area contributed by atoms with Crippen molar-refractivity contribution >= 4 is 12.0 Å². The Morgan fingerprint density at radius 2 is 1.89 bits per heavy atom. The fourth-order valence-electron chi connectivity index (χ4n) is 4.56. The van der Waals surface area contributed by atoms with Gasteiger partial charge in [0.2, 0.25) is 5.91 Å². The van der Waals surface area contributed by atoms with Crippen LogP contribution in [0.3, 0.4) is 0 Å². The standard InChI is InChI=1S/C20H25FN2O4/c1-22-17(24)20-8-6-19(13-20,7-9-20)15-2-4-16(5-3-15)27-12-14(10-21)11-23-18(25)26/h2-5,10,23H,6-9,11-13H2,1H3,(H,22,24)(H,25,26). The summed E-state index contributed by atoms with van der Waals surface area (Å²) < 4.78 is 18.4. The predicted molar refractivity (Wildman–Crippen MR) is 98.4 cm³/mol. The van der Waals surface area contributed by atoms with Gasteiger partial charge in [0.25, 0.3) is 0 Å². The average Bonchev–Trinajstić information content (AvgIpc) is 3.26. The van der Waals surface area contributed by atoms with E-state index in [0.717, 1.165) is 32.1 Å². The maximum atomic E-state index is 12.8. The molecule has 2 aliphatic rings. The van der Waals surface area contributed by atoms with Crippen LogP contribution in [0, 0.1) is 5.41 Å². The minimum Gasteiger partial charge on any atom is -0.489 e. The molecule has 0 saturated heterocycles. The summed E-state index contributed by atoms with van der Waals surface area (Å²) in [5.41, 5.74) is 1.26. The average molecular weight is 376 g/mol. The zero-order valence-corrected chi connectivity index (χ0v) is 15.4. The minimum absolute atomic E-state index is 0.0267. The van der Waals surface area contributed by atoms with Crippen LogP contribution in [0.4, 0.5) is 9.18 Å². The molecule has 0 spiro atoms. The number of ether oxygens (including phenoxy) is 1. The third-order valence-corrected chi connectivity index (χ3v) is 6.06. The van der Waals surface area contributed by atoms with Crippen LogP contribution in [-0.2, 0) is 10.2 Å². The van der Waals surface area contributed by atoms with E-state index in [-0.39, 0.29) is 35.5 Å². The van der Waals surface area contributed by atoms with Gasteiger partial charge in [-0.05, 0) is 55.2 Å². The molecule has 3 rings (SSSR count). The quantitative estimate of drug-likeness (QED) is 0.682. The third kappa shape index (κ3) is 3.77. The molecule has 0 unspecified atom stereocenters. The number of amides is 2. The summed E-state index contributed by atoms with van der Waals surface area (Å²) in [4.78, 5) is 22.8. The summed E-state index contributed by atoms with van der Waals surface area (Å²) in [6.07, 6.45) is 3.90. The van der Waals surface area contributed by atoms with Crippen molar-refractivity contribution in [2.45, 2.75) is 37.5 Å². The number of nitrogens with one attached hydrogen (secondary N) is 2. The molecule has 0 aliphatic heterocycles. The van der Waals surface area contributed by atoms with E-state index < -0.39 is 6.09 Å². The van der Waals surface area contributed by atoms with Crippen LogP contribution >= 0.6 is 0 Å². The van der Waals surface area contributed by atoms with Gasteiger partial charge in [0.1, 0.15) is 12.4 Å². The third-order valence-electron chi connectivity index (χ3n) is 6.06. The second-order valence-corrected chi connectivity index (χ2v) is 7.56. The molecule has 2 bridgehead atoms. The topological polar surface area (TPSA) is 87.7 Å². The van der Waals surface area contributed by atoms with Crippen molar-refractivity contribution < 1.29 is 23.8 Å². The molecular formula is C20H25FN2O4. The highest BCUT2D eigenvalue weighted by atomic mass is 19.1. The van der Waals surface area contributed by atoms with Gasteiger partial charge in [-0.1, -0.05) is 12.1 Å². The lowest BCUT2D eigenvalue weighted by atomic mass is 9.77. The van der Waals surface area contributed by atoms with Crippen molar-refractivity contribution in [3.05, 3.63) is 41.7 Å². The molecule has 0 heterocycles. The van der Waals surface area contributed by atoms with Gasteiger partial charge in [-0.15, -0.1) is 0 Å². The molecule has 6 nitrogen and oxygen atoms in total. The van der Waals surface area contributed by atoms with Crippen LogP contribution < -0.4 is 15.4 Å². The van der Waals surface area contributed by atoms with Crippen LogP contribution in [0.25, 0.3) is 0 Å². The first kappa shape index (κ1) is 19.2. The fraction of sp³-hybridized carbons (Fsp3) is 0.500. The maximum Gasteiger partial charge on any atom is 0.404 e. The Bertz CT molecular complexity index is 737. The van der Waals surface area contributed by atoms with Gasteiger partial charge in [-0.25, -0.2) is 9.18 Å². The van der Waals surface area contributed by atoms with E-state index >= 15 is 0 Å². The van der Waals surface area contributed by atoms with Crippen molar-refractivity contribution in [3.8, 4) is 5.75 Å². The number of fused-ring (bicyclic) bond motifs is 2. The van der Waals surface area contributed by atoms with E-state index in [4.69, 9.17) is 9.84 Å². The van der Waals surface area contributed by atoms with Crippen molar-refractivity contribution in [2.24, 2.45) is 5.41 Å². The summed E-state index contributed by atoms with van der Waals surface area (Å²) in [6.45, 7) is -0.143. The summed E-state index contributed by atoms with van der Waals surface area (Å²) >= 11 is 0. The first-order chi connectivity index (χ1) is 12.9. The van der Waals surface area contributed by atoms with Crippen LogP contribution in [0.1, 0.15) is 37.7 Å². The van der Waals surface area contributed by atoms with Crippen LogP contribution in [0.5, 0.6) is 5.75 Å². The monoisotopic (exact) mass is 376 g/mol. The second-order valence-electron chi connectivity index (χ2n) is 7.56. The van der Waals surface area contributed by atoms with Crippen LogP contribution in [-0.4, -0.2) is 37.3 Å². The Balaban J connectivity index is 1.61. The Morgan fingerprint density at radius 1 is 1.22 bits per heavy atom. The Kier molecular flexibility index (Phi) is 5.39. The summed E-state index contributed by atoms with van der Waals surface area (Å²) in [7, 11) is 1.70. The van der Waals surface area contributed by atoms with Crippen molar-refractivity contribution in [1.82, 2.24) is 10.6 Å². The number of rotatable bonds is 7. The molecule has 0 atom stereocenters. The lowest BCUT2D eigenvalue weighted by Gasteiger charge is -2.27. The predicted octanol–water partition coefficient (Wildman–Crippen LogP) is 3.13. The maximum absolute atomic E-state index is 12.8. The molecule has 3 N–H and O–H groups in total. The normalized spacial score (nSPS) is 26.7. The van der Waals surface area contributed by atoms with E-state index in [1.165, 1.54) is 5.56 Å².